The molecule has 1 aromatic rings. The van der Waals surface area contributed by atoms with Crippen molar-refractivity contribution in [3.05, 3.63) is 18.0 Å². The summed E-state index contributed by atoms with van der Waals surface area (Å²) in [4.78, 5) is 0. The van der Waals surface area contributed by atoms with E-state index < -0.39 is 5.60 Å². The van der Waals surface area contributed by atoms with Gasteiger partial charge in [0.25, 0.3) is 0 Å². The minimum atomic E-state index is -0.981. The Morgan fingerprint density at radius 1 is 1.64 bits per heavy atom. The van der Waals surface area contributed by atoms with E-state index in [9.17, 15) is 5.11 Å². The van der Waals surface area contributed by atoms with Gasteiger partial charge in [0.2, 0.25) is 0 Å². The highest BCUT2D eigenvalue weighted by Gasteiger charge is 2.34. The lowest BCUT2D eigenvalue weighted by Crippen LogP contribution is -2.30. The fourth-order valence-electron chi connectivity index (χ4n) is 1.73. The summed E-state index contributed by atoms with van der Waals surface area (Å²) >= 11 is 0. The predicted octanol–water partition coefficient (Wildman–Crippen LogP) is 0.384. The van der Waals surface area contributed by atoms with Crippen molar-refractivity contribution >= 4 is 0 Å². The van der Waals surface area contributed by atoms with Crippen molar-refractivity contribution in [2.45, 2.75) is 25.4 Å². The minimum absolute atomic E-state index is 0.514. The number of tetrazole rings is 1. The molecule has 0 amide bonds. The monoisotopic (exact) mass is 194 g/mol. The Bertz CT molecular complexity index is 359. The molecule has 2 unspecified atom stereocenters. The van der Waals surface area contributed by atoms with Gasteiger partial charge in [0.1, 0.15) is 5.60 Å². The molecule has 0 fully saturated rings. The number of aryl methyl sites for hydroxylation is 1. The summed E-state index contributed by atoms with van der Waals surface area (Å²) in [5.41, 5.74) is -0.981. The second-order valence-corrected chi connectivity index (χ2v) is 3.93. The first kappa shape index (κ1) is 9.33. The third-order valence-electron chi connectivity index (χ3n) is 2.69. The van der Waals surface area contributed by atoms with Crippen LogP contribution in [0.1, 0.15) is 25.6 Å². The summed E-state index contributed by atoms with van der Waals surface area (Å²) in [5.74, 6) is 1.04. The molecule has 2 rings (SSSR count). The van der Waals surface area contributed by atoms with Crippen LogP contribution in [0.4, 0.5) is 0 Å². The number of hydrogen-bond acceptors (Lipinski definition) is 4. The van der Waals surface area contributed by atoms with Crippen molar-refractivity contribution in [3.8, 4) is 0 Å². The molecule has 1 N–H and O–H groups in total. The van der Waals surface area contributed by atoms with Crippen LogP contribution in [0.15, 0.2) is 12.2 Å². The Labute approximate surface area is 82.4 Å². The molecular formula is C9H14N4O. The standard InChI is InChI=1S/C9H14N4O/c1-7-3-5-9(14,6-4-7)8-10-11-12-13(8)2/h3,5,7,14H,4,6H2,1-2H3. The summed E-state index contributed by atoms with van der Waals surface area (Å²) < 4.78 is 1.51. The van der Waals surface area contributed by atoms with Crippen molar-refractivity contribution in [3.63, 3.8) is 0 Å². The highest BCUT2D eigenvalue weighted by Crippen LogP contribution is 2.32. The molecule has 0 spiro atoms. The largest absolute Gasteiger partial charge is 0.378 e. The second-order valence-electron chi connectivity index (χ2n) is 3.93. The Kier molecular flexibility index (Phi) is 2.11. The summed E-state index contributed by atoms with van der Waals surface area (Å²) in [6.07, 6.45) is 5.45. The maximum absolute atomic E-state index is 10.3. The summed E-state index contributed by atoms with van der Waals surface area (Å²) in [6.45, 7) is 2.13. The molecule has 1 aliphatic carbocycles. The number of nitrogens with zero attached hydrogens (tertiary/aromatic N) is 4. The van der Waals surface area contributed by atoms with Crippen LogP contribution in [0.2, 0.25) is 0 Å². The predicted molar refractivity (Wildman–Crippen MR) is 50.2 cm³/mol. The van der Waals surface area contributed by atoms with E-state index in [-0.39, 0.29) is 0 Å². The van der Waals surface area contributed by atoms with Crippen LogP contribution in [0.25, 0.3) is 0 Å². The number of aliphatic hydroxyl groups is 1. The molecule has 76 valence electrons. The van der Waals surface area contributed by atoms with E-state index >= 15 is 0 Å². The number of hydrogen-bond donors (Lipinski definition) is 1. The van der Waals surface area contributed by atoms with Crippen LogP contribution >= 0.6 is 0 Å². The molecule has 1 aliphatic rings. The first-order chi connectivity index (χ1) is 6.62. The molecule has 0 aromatic carbocycles. The van der Waals surface area contributed by atoms with Gasteiger partial charge in [0.15, 0.2) is 5.82 Å². The van der Waals surface area contributed by atoms with Crippen molar-refractivity contribution in [1.29, 1.82) is 0 Å². The normalized spacial score (nSPS) is 32.1. The molecular weight excluding hydrogens is 180 g/mol. The molecule has 0 saturated heterocycles. The lowest BCUT2D eigenvalue weighted by atomic mass is 9.85. The first-order valence-corrected chi connectivity index (χ1v) is 4.76. The van der Waals surface area contributed by atoms with E-state index in [1.807, 2.05) is 6.08 Å². The van der Waals surface area contributed by atoms with Gasteiger partial charge in [-0.15, -0.1) is 5.10 Å². The highest BCUT2D eigenvalue weighted by molar-refractivity contribution is 5.15. The third-order valence-corrected chi connectivity index (χ3v) is 2.69. The molecule has 0 aliphatic heterocycles. The summed E-state index contributed by atoms with van der Waals surface area (Å²) in [5, 5.41) is 21.4. The van der Waals surface area contributed by atoms with Crippen LogP contribution in [-0.2, 0) is 12.6 Å². The average molecular weight is 194 g/mol. The maximum atomic E-state index is 10.3. The molecule has 1 aromatic heterocycles. The zero-order chi connectivity index (χ0) is 10.2. The molecule has 0 bridgehead atoms. The Hall–Kier alpha value is -1.23. The van der Waals surface area contributed by atoms with Crippen LogP contribution in [0.5, 0.6) is 0 Å². The Balaban J connectivity index is 2.34. The van der Waals surface area contributed by atoms with Gasteiger partial charge in [0.05, 0.1) is 0 Å². The van der Waals surface area contributed by atoms with Gasteiger partial charge < -0.3 is 5.11 Å². The number of allylic oxidation sites excluding steroid dienone is 1. The van der Waals surface area contributed by atoms with Crippen molar-refractivity contribution in [2.75, 3.05) is 0 Å². The van der Waals surface area contributed by atoms with Crippen LogP contribution in [0.3, 0.4) is 0 Å². The van der Waals surface area contributed by atoms with E-state index in [2.05, 4.69) is 22.4 Å². The minimum Gasteiger partial charge on any atom is -0.378 e. The molecule has 0 saturated carbocycles. The molecule has 14 heavy (non-hydrogen) atoms. The second kappa shape index (κ2) is 3.16. The third kappa shape index (κ3) is 1.43. The first-order valence-electron chi connectivity index (χ1n) is 4.76. The zero-order valence-corrected chi connectivity index (χ0v) is 8.38. The topological polar surface area (TPSA) is 63.8 Å². The van der Waals surface area contributed by atoms with E-state index in [0.717, 1.165) is 6.42 Å². The van der Waals surface area contributed by atoms with Crippen LogP contribution in [0, 0.1) is 5.92 Å². The fourth-order valence-corrected chi connectivity index (χ4v) is 1.73. The summed E-state index contributed by atoms with van der Waals surface area (Å²) in [6, 6.07) is 0. The lowest BCUT2D eigenvalue weighted by Gasteiger charge is -2.27. The quantitative estimate of drug-likeness (QED) is 0.656. The van der Waals surface area contributed by atoms with Gasteiger partial charge >= 0.3 is 0 Å². The van der Waals surface area contributed by atoms with E-state index in [4.69, 9.17) is 0 Å². The average Bonchev–Trinajstić information content (AvgIpc) is 2.58. The van der Waals surface area contributed by atoms with E-state index in [1.165, 1.54) is 4.68 Å². The van der Waals surface area contributed by atoms with E-state index in [0.29, 0.717) is 18.2 Å². The number of rotatable bonds is 1. The molecule has 1 heterocycles. The Morgan fingerprint density at radius 2 is 2.43 bits per heavy atom. The SMILES string of the molecule is CC1C=CC(O)(c2nnnn2C)CC1. The maximum Gasteiger partial charge on any atom is 0.186 e. The van der Waals surface area contributed by atoms with Gasteiger partial charge in [-0.25, -0.2) is 4.68 Å². The van der Waals surface area contributed by atoms with Crippen LogP contribution < -0.4 is 0 Å². The van der Waals surface area contributed by atoms with Crippen molar-refractivity contribution < 1.29 is 5.11 Å². The fraction of sp³-hybridized carbons (Fsp3) is 0.667. The smallest absolute Gasteiger partial charge is 0.186 e. The van der Waals surface area contributed by atoms with Gasteiger partial charge in [-0.1, -0.05) is 13.0 Å². The number of aromatic nitrogens is 4. The molecule has 0 radical (unpaired) electrons. The lowest BCUT2D eigenvalue weighted by molar-refractivity contribution is 0.0543. The van der Waals surface area contributed by atoms with Crippen LogP contribution in [-0.4, -0.2) is 25.3 Å². The van der Waals surface area contributed by atoms with E-state index in [1.54, 1.807) is 13.1 Å². The molecule has 5 heteroatoms. The molecule has 5 nitrogen and oxygen atoms in total. The van der Waals surface area contributed by atoms with Gasteiger partial charge in [-0.05, 0) is 35.3 Å². The van der Waals surface area contributed by atoms with Gasteiger partial charge in [-0.2, -0.15) is 0 Å². The Morgan fingerprint density at radius 3 is 2.93 bits per heavy atom. The molecule has 2 atom stereocenters. The summed E-state index contributed by atoms with van der Waals surface area (Å²) in [7, 11) is 1.74. The van der Waals surface area contributed by atoms with Crippen molar-refractivity contribution in [1.82, 2.24) is 20.2 Å². The zero-order valence-electron chi connectivity index (χ0n) is 8.38. The van der Waals surface area contributed by atoms with Crippen molar-refractivity contribution in [2.24, 2.45) is 13.0 Å². The van der Waals surface area contributed by atoms with Gasteiger partial charge in [-0.3, -0.25) is 0 Å². The highest BCUT2D eigenvalue weighted by atomic mass is 16.3. The van der Waals surface area contributed by atoms with Gasteiger partial charge in [0, 0.05) is 7.05 Å².